The van der Waals surface area contributed by atoms with Crippen LogP contribution in [-0.4, -0.2) is 35.5 Å². The minimum atomic E-state index is -0.326. The number of fused-ring (bicyclic) bond motifs is 1. The van der Waals surface area contributed by atoms with Crippen molar-refractivity contribution >= 4 is 22.6 Å². The first-order chi connectivity index (χ1) is 10.6. The number of carbonyl (C=O) groups is 1. The number of halogens is 1. The number of nitrogens with one attached hydrogen (secondary N) is 1. The van der Waals surface area contributed by atoms with Crippen LogP contribution in [0, 0.1) is 11.7 Å². The SMILES string of the molecule is CC(=O)NCC1CCCN(c2ncnc3c(F)cccc23)C1. The number of para-hydroxylation sites is 1. The van der Waals surface area contributed by atoms with Crippen LogP contribution in [-0.2, 0) is 4.79 Å². The third-order valence-corrected chi connectivity index (χ3v) is 4.05. The Hall–Kier alpha value is -2.24. The molecule has 1 aliphatic rings. The Morgan fingerprint density at radius 1 is 1.45 bits per heavy atom. The summed E-state index contributed by atoms with van der Waals surface area (Å²) in [4.78, 5) is 21.6. The average molecular weight is 302 g/mol. The predicted octanol–water partition coefficient (Wildman–Crippen LogP) is 2.12. The Balaban J connectivity index is 1.84. The number of amides is 1. The van der Waals surface area contributed by atoms with Crippen molar-refractivity contribution in [1.82, 2.24) is 15.3 Å². The van der Waals surface area contributed by atoms with Crippen LogP contribution in [0.15, 0.2) is 24.5 Å². The second kappa shape index (κ2) is 6.25. The van der Waals surface area contributed by atoms with Crippen molar-refractivity contribution in [1.29, 1.82) is 0 Å². The molecule has 1 atom stereocenters. The number of hydrogen-bond donors (Lipinski definition) is 1. The van der Waals surface area contributed by atoms with Gasteiger partial charge in [0.25, 0.3) is 0 Å². The summed E-state index contributed by atoms with van der Waals surface area (Å²) < 4.78 is 13.9. The van der Waals surface area contributed by atoms with E-state index < -0.39 is 0 Å². The maximum atomic E-state index is 13.9. The van der Waals surface area contributed by atoms with Crippen LogP contribution in [0.2, 0.25) is 0 Å². The summed E-state index contributed by atoms with van der Waals surface area (Å²) in [5.74, 6) is 0.827. The molecule has 0 spiro atoms. The second-order valence-corrected chi connectivity index (χ2v) is 5.72. The van der Waals surface area contributed by atoms with E-state index in [9.17, 15) is 9.18 Å². The smallest absolute Gasteiger partial charge is 0.216 e. The van der Waals surface area contributed by atoms with Crippen molar-refractivity contribution in [2.75, 3.05) is 24.5 Å². The molecule has 2 heterocycles. The normalized spacial score (nSPS) is 18.5. The molecule has 1 fully saturated rings. The lowest BCUT2D eigenvalue weighted by atomic mass is 9.97. The fourth-order valence-electron chi connectivity index (χ4n) is 3.00. The van der Waals surface area contributed by atoms with Gasteiger partial charge in [0, 0.05) is 31.9 Å². The Morgan fingerprint density at radius 2 is 2.32 bits per heavy atom. The lowest BCUT2D eigenvalue weighted by Crippen LogP contribution is -2.41. The number of carbonyl (C=O) groups excluding carboxylic acids is 1. The molecule has 0 aliphatic carbocycles. The van der Waals surface area contributed by atoms with Gasteiger partial charge < -0.3 is 10.2 Å². The molecule has 5 nitrogen and oxygen atoms in total. The molecule has 1 unspecified atom stereocenters. The molecule has 1 aliphatic heterocycles. The molecule has 1 amide bonds. The molecular weight excluding hydrogens is 283 g/mol. The lowest BCUT2D eigenvalue weighted by Gasteiger charge is -2.34. The van der Waals surface area contributed by atoms with Crippen molar-refractivity contribution in [2.24, 2.45) is 5.92 Å². The van der Waals surface area contributed by atoms with Crippen molar-refractivity contribution in [3.05, 3.63) is 30.3 Å². The fraction of sp³-hybridized carbons (Fsp3) is 0.438. The molecule has 6 heteroatoms. The van der Waals surface area contributed by atoms with Crippen LogP contribution in [0.1, 0.15) is 19.8 Å². The van der Waals surface area contributed by atoms with Crippen LogP contribution in [0.25, 0.3) is 10.9 Å². The summed E-state index contributed by atoms with van der Waals surface area (Å²) in [6.45, 7) is 3.90. The summed E-state index contributed by atoms with van der Waals surface area (Å²) in [6.07, 6.45) is 3.53. The first-order valence-electron chi connectivity index (χ1n) is 7.54. The first-order valence-corrected chi connectivity index (χ1v) is 7.54. The van der Waals surface area contributed by atoms with Gasteiger partial charge in [-0.25, -0.2) is 14.4 Å². The van der Waals surface area contributed by atoms with E-state index in [2.05, 4.69) is 20.2 Å². The minimum Gasteiger partial charge on any atom is -0.356 e. The standard InChI is InChI=1S/C16H19FN4O/c1-11(22)18-8-12-4-3-7-21(9-12)16-13-5-2-6-14(17)15(13)19-10-20-16/h2,5-6,10,12H,3-4,7-9H2,1H3,(H,18,22). The molecule has 0 saturated carbocycles. The van der Waals surface area contributed by atoms with Crippen molar-refractivity contribution in [3.8, 4) is 0 Å². The summed E-state index contributed by atoms with van der Waals surface area (Å²) in [7, 11) is 0. The second-order valence-electron chi connectivity index (χ2n) is 5.72. The Bertz CT molecular complexity index is 691. The van der Waals surface area contributed by atoms with Gasteiger partial charge in [-0.1, -0.05) is 6.07 Å². The largest absolute Gasteiger partial charge is 0.356 e. The lowest BCUT2D eigenvalue weighted by molar-refractivity contribution is -0.119. The van der Waals surface area contributed by atoms with Gasteiger partial charge in [0.05, 0.1) is 0 Å². The quantitative estimate of drug-likeness (QED) is 0.943. The van der Waals surface area contributed by atoms with E-state index in [0.29, 0.717) is 18.0 Å². The van der Waals surface area contributed by atoms with Crippen LogP contribution in [0.4, 0.5) is 10.2 Å². The van der Waals surface area contributed by atoms with Gasteiger partial charge in [-0.3, -0.25) is 4.79 Å². The van der Waals surface area contributed by atoms with E-state index in [-0.39, 0.29) is 11.7 Å². The monoisotopic (exact) mass is 302 g/mol. The molecule has 1 saturated heterocycles. The number of rotatable bonds is 3. The van der Waals surface area contributed by atoms with E-state index in [1.165, 1.54) is 19.3 Å². The first kappa shape index (κ1) is 14.7. The number of aromatic nitrogens is 2. The number of hydrogen-bond acceptors (Lipinski definition) is 4. The number of piperidine rings is 1. The number of anilines is 1. The molecule has 0 bridgehead atoms. The maximum absolute atomic E-state index is 13.9. The molecule has 0 radical (unpaired) electrons. The molecule has 1 aromatic carbocycles. The molecule has 1 N–H and O–H groups in total. The summed E-state index contributed by atoms with van der Waals surface area (Å²) in [5, 5.41) is 3.61. The van der Waals surface area contributed by atoms with Crippen molar-refractivity contribution in [3.63, 3.8) is 0 Å². The summed E-state index contributed by atoms with van der Waals surface area (Å²) in [6, 6.07) is 4.95. The van der Waals surface area contributed by atoms with E-state index in [1.807, 2.05) is 6.07 Å². The molecule has 1 aromatic heterocycles. The summed E-state index contributed by atoms with van der Waals surface area (Å²) in [5.41, 5.74) is 0.358. The zero-order chi connectivity index (χ0) is 15.5. The van der Waals surface area contributed by atoms with Gasteiger partial charge in [-0.05, 0) is 30.9 Å². The van der Waals surface area contributed by atoms with Crippen LogP contribution in [0.3, 0.4) is 0 Å². The van der Waals surface area contributed by atoms with Gasteiger partial charge in [0.15, 0.2) is 0 Å². The molecular formula is C16H19FN4O. The topological polar surface area (TPSA) is 58.1 Å². The van der Waals surface area contributed by atoms with Crippen LogP contribution >= 0.6 is 0 Å². The van der Waals surface area contributed by atoms with Crippen LogP contribution in [0.5, 0.6) is 0 Å². The Labute approximate surface area is 128 Å². The van der Waals surface area contributed by atoms with E-state index in [0.717, 1.165) is 37.1 Å². The number of nitrogens with zero attached hydrogens (tertiary/aromatic N) is 3. The van der Waals surface area contributed by atoms with Crippen molar-refractivity contribution in [2.45, 2.75) is 19.8 Å². The van der Waals surface area contributed by atoms with E-state index in [4.69, 9.17) is 0 Å². The average Bonchev–Trinajstić information content (AvgIpc) is 2.53. The van der Waals surface area contributed by atoms with Gasteiger partial charge in [0.1, 0.15) is 23.5 Å². The highest BCUT2D eigenvalue weighted by atomic mass is 19.1. The Kier molecular flexibility index (Phi) is 4.18. The number of benzene rings is 1. The van der Waals surface area contributed by atoms with E-state index >= 15 is 0 Å². The predicted molar refractivity (Wildman–Crippen MR) is 83.1 cm³/mol. The molecule has 116 valence electrons. The maximum Gasteiger partial charge on any atom is 0.216 e. The van der Waals surface area contributed by atoms with Crippen LogP contribution < -0.4 is 10.2 Å². The molecule has 3 rings (SSSR count). The zero-order valence-electron chi connectivity index (χ0n) is 12.6. The van der Waals surface area contributed by atoms with Gasteiger partial charge in [-0.2, -0.15) is 0 Å². The summed E-state index contributed by atoms with van der Waals surface area (Å²) >= 11 is 0. The third-order valence-electron chi connectivity index (χ3n) is 4.05. The van der Waals surface area contributed by atoms with E-state index in [1.54, 1.807) is 6.07 Å². The van der Waals surface area contributed by atoms with Gasteiger partial charge in [0.2, 0.25) is 5.91 Å². The van der Waals surface area contributed by atoms with Crippen molar-refractivity contribution < 1.29 is 9.18 Å². The molecule has 22 heavy (non-hydrogen) atoms. The minimum absolute atomic E-state index is 0.00770. The highest BCUT2D eigenvalue weighted by Crippen LogP contribution is 2.28. The zero-order valence-corrected chi connectivity index (χ0v) is 12.6. The Morgan fingerprint density at radius 3 is 3.14 bits per heavy atom. The highest BCUT2D eigenvalue weighted by molar-refractivity contribution is 5.89. The highest BCUT2D eigenvalue weighted by Gasteiger charge is 2.23. The molecule has 2 aromatic rings. The van der Waals surface area contributed by atoms with Gasteiger partial charge in [-0.15, -0.1) is 0 Å². The van der Waals surface area contributed by atoms with Gasteiger partial charge >= 0.3 is 0 Å². The third kappa shape index (κ3) is 3.00. The fourth-order valence-corrected chi connectivity index (χ4v) is 3.00.